The van der Waals surface area contributed by atoms with Crippen LogP contribution in [0.2, 0.25) is 0 Å². The number of nitrogens with one attached hydrogen (secondary N) is 2. The van der Waals surface area contributed by atoms with Crippen molar-refractivity contribution in [3.8, 4) is 0 Å². The lowest BCUT2D eigenvalue weighted by Gasteiger charge is -2.27. The third-order valence-electron chi connectivity index (χ3n) is 3.01. The summed E-state index contributed by atoms with van der Waals surface area (Å²) in [5.74, 6) is -1.56. The second-order valence-electron chi connectivity index (χ2n) is 4.16. The summed E-state index contributed by atoms with van der Waals surface area (Å²) in [6.07, 6.45) is 1.28. The van der Waals surface area contributed by atoms with Crippen molar-refractivity contribution < 1.29 is 19.5 Å². The molecule has 3 N–H and O–H groups in total. The molecule has 0 aromatic rings. The monoisotopic (exact) mass is 224 g/mol. The summed E-state index contributed by atoms with van der Waals surface area (Å²) in [4.78, 5) is 33.6. The van der Waals surface area contributed by atoms with Crippen LogP contribution < -0.4 is 10.6 Å². The molecular weight excluding hydrogens is 212 g/mol. The predicted molar refractivity (Wildman–Crippen MR) is 53.5 cm³/mol. The smallest absolute Gasteiger partial charge is 0.322 e. The summed E-state index contributed by atoms with van der Waals surface area (Å²) >= 11 is 0. The predicted octanol–water partition coefficient (Wildman–Crippen LogP) is 0.00550. The molecule has 0 aromatic heterocycles. The average Bonchev–Trinajstić information content (AvgIpc) is 2.92. The summed E-state index contributed by atoms with van der Waals surface area (Å²) in [6, 6.07) is -0.580. The second kappa shape index (κ2) is 3.33. The van der Waals surface area contributed by atoms with Crippen molar-refractivity contribution >= 4 is 17.9 Å². The minimum absolute atomic E-state index is 0.0224. The van der Waals surface area contributed by atoms with Crippen LogP contribution in [-0.4, -0.2) is 28.6 Å². The first-order chi connectivity index (χ1) is 7.46. The molecule has 1 aliphatic heterocycles. The maximum atomic E-state index is 11.8. The normalized spacial score (nSPS) is 28.5. The SMILES string of the molecule is C=C(CC(=O)O)[C@@]1(C2CC2)NC(=O)NC1=O. The van der Waals surface area contributed by atoms with E-state index in [0.29, 0.717) is 0 Å². The average molecular weight is 224 g/mol. The molecule has 6 heteroatoms. The first kappa shape index (κ1) is 10.7. The van der Waals surface area contributed by atoms with Gasteiger partial charge in [0.05, 0.1) is 6.42 Å². The van der Waals surface area contributed by atoms with Crippen molar-refractivity contribution in [2.24, 2.45) is 5.92 Å². The van der Waals surface area contributed by atoms with Gasteiger partial charge in [-0.1, -0.05) is 6.58 Å². The molecule has 1 saturated carbocycles. The van der Waals surface area contributed by atoms with Crippen LogP contribution >= 0.6 is 0 Å². The van der Waals surface area contributed by atoms with E-state index in [-0.39, 0.29) is 17.9 Å². The molecule has 0 bridgehead atoms. The van der Waals surface area contributed by atoms with Crippen LogP contribution in [-0.2, 0) is 9.59 Å². The van der Waals surface area contributed by atoms with Crippen LogP contribution in [0.1, 0.15) is 19.3 Å². The molecule has 0 radical (unpaired) electrons. The summed E-state index contributed by atoms with van der Waals surface area (Å²) in [7, 11) is 0. The summed E-state index contributed by atoms with van der Waals surface area (Å²) < 4.78 is 0. The van der Waals surface area contributed by atoms with E-state index in [0.717, 1.165) is 12.8 Å². The molecule has 86 valence electrons. The van der Waals surface area contributed by atoms with Crippen molar-refractivity contribution in [1.29, 1.82) is 0 Å². The first-order valence-electron chi connectivity index (χ1n) is 5.00. The van der Waals surface area contributed by atoms with E-state index in [9.17, 15) is 14.4 Å². The zero-order chi connectivity index (χ0) is 11.9. The summed E-state index contributed by atoms with van der Waals surface area (Å²) in [5.41, 5.74) is -0.957. The Morgan fingerprint density at radius 2 is 2.12 bits per heavy atom. The van der Waals surface area contributed by atoms with E-state index in [1.807, 2.05) is 0 Å². The van der Waals surface area contributed by atoms with Gasteiger partial charge < -0.3 is 10.4 Å². The maximum Gasteiger partial charge on any atom is 0.322 e. The van der Waals surface area contributed by atoms with Crippen molar-refractivity contribution in [3.05, 3.63) is 12.2 Å². The lowest BCUT2D eigenvalue weighted by molar-refractivity contribution is -0.136. The highest BCUT2D eigenvalue weighted by Gasteiger charge is 2.57. The molecule has 0 spiro atoms. The highest BCUT2D eigenvalue weighted by Crippen LogP contribution is 2.45. The van der Waals surface area contributed by atoms with Gasteiger partial charge in [-0.15, -0.1) is 0 Å². The van der Waals surface area contributed by atoms with Crippen molar-refractivity contribution in [3.63, 3.8) is 0 Å². The van der Waals surface area contributed by atoms with Crippen molar-refractivity contribution in [2.75, 3.05) is 0 Å². The van der Waals surface area contributed by atoms with Crippen LogP contribution in [0.25, 0.3) is 0 Å². The Labute approximate surface area is 91.7 Å². The lowest BCUT2D eigenvalue weighted by Crippen LogP contribution is -2.50. The fourth-order valence-electron chi connectivity index (χ4n) is 2.13. The molecule has 3 amide bonds. The fourth-order valence-corrected chi connectivity index (χ4v) is 2.13. The molecule has 2 aliphatic rings. The Morgan fingerprint density at radius 1 is 1.50 bits per heavy atom. The number of carbonyl (C=O) groups excluding carboxylic acids is 2. The zero-order valence-electron chi connectivity index (χ0n) is 8.58. The van der Waals surface area contributed by atoms with Gasteiger partial charge in [0.1, 0.15) is 5.54 Å². The molecule has 1 heterocycles. The number of carboxylic acid groups (broad SMARTS) is 1. The Bertz CT molecular complexity index is 400. The Morgan fingerprint density at radius 3 is 2.50 bits per heavy atom. The first-order valence-corrected chi connectivity index (χ1v) is 5.00. The van der Waals surface area contributed by atoms with Crippen LogP contribution in [0, 0.1) is 5.92 Å². The van der Waals surface area contributed by atoms with Crippen LogP contribution in [0.4, 0.5) is 4.79 Å². The second-order valence-corrected chi connectivity index (χ2v) is 4.16. The van der Waals surface area contributed by atoms with Crippen molar-refractivity contribution in [1.82, 2.24) is 10.6 Å². The highest BCUT2D eigenvalue weighted by atomic mass is 16.4. The zero-order valence-corrected chi connectivity index (χ0v) is 8.58. The van der Waals surface area contributed by atoms with Gasteiger partial charge in [0.2, 0.25) is 0 Å². The number of hydrogen-bond acceptors (Lipinski definition) is 3. The molecule has 6 nitrogen and oxygen atoms in total. The van der Waals surface area contributed by atoms with Crippen LogP contribution in [0.5, 0.6) is 0 Å². The minimum Gasteiger partial charge on any atom is -0.481 e. The third kappa shape index (κ3) is 1.46. The van der Waals surface area contributed by atoms with Gasteiger partial charge in [0, 0.05) is 0 Å². The molecule has 1 saturated heterocycles. The number of hydrogen-bond donors (Lipinski definition) is 3. The van der Waals surface area contributed by atoms with E-state index < -0.39 is 23.4 Å². The highest BCUT2D eigenvalue weighted by molar-refractivity contribution is 6.09. The molecule has 2 rings (SSSR count). The van der Waals surface area contributed by atoms with Gasteiger partial charge >= 0.3 is 12.0 Å². The number of carboxylic acids is 1. The van der Waals surface area contributed by atoms with Gasteiger partial charge in [-0.2, -0.15) is 0 Å². The van der Waals surface area contributed by atoms with E-state index in [4.69, 9.17) is 5.11 Å². The largest absolute Gasteiger partial charge is 0.481 e. The number of carbonyl (C=O) groups is 3. The summed E-state index contributed by atoms with van der Waals surface area (Å²) in [6.45, 7) is 3.64. The number of urea groups is 1. The van der Waals surface area contributed by atoms with E-state index in [1.165, 1.54) is 0 Å². The minimum atomic E-state index is -1.20. The summed E-state index contributed by atoms with van der Waals surface area (Å²) in [5, 5.41) is 13.4. The number of imide groups is 1. The lowest BCUT2D eigenvalue weighted by atomic mass is 9.84. The molecule has 1 atom stereocenters. The van der Waals surface area contributed by atoms with Gasteiger partial charge in [0.15, 0.2) is 0 Å². The third-order valence-corrected chi connectivity index (χ3v) is 3.01. The quantitative estimate of drug-likeness (QED) is 0.463. The van der Waals surface area contributed by atoms with Gasteiger partial charge in [-0.25, -0.2) is 4.79 Å². The topological polar surface area (TPSA) is 95.5 Å². The number of rotatable bonds is 4. The van der Waals surface area contributed by atoms with E-state index in [2.05, 4.69) is 17.2 Å². The molecular formula is C10H12N2O4. The fraction of sp³-hybridized carbons (Fsp3) is 0.500. The Balaban J connectivity index is 2.29. The molecule has 1 aliphatic carbocycles. The Kier molecular flexibility index (Phi) is 2.22. The molecule has 2 fully saturated rings. The Hall–Kier alpha value is -1.85. The number of aliphatic carboxylic acids is 1. The molecule has 0 aromatic carbocycles. The van der Waals surface area contributed by atoms with Crippen LogP contribution in [0.3, 0.4) is 0 Å². The van der Waals surface area contributed by atoms with Gasteiger partial charge in [-0.3, -0.25) is 14.9 Å². The van der Waals surface area contributed by atoms with Gasteiger partial charge in [0.25, 0.3) is 5.91 Å². The van der Waals surface area contributed by atoms with Crippen molar-refractivity contribution in [2.45, 2.75) is 24.8 Å². The standard InChI is InChI=1S/C10H12N2O4/c1-5(4-7(13)14)10(6-2-3-6)8(15)11-9(16)12-10/h6H,1-4H2,(H,13,14)(H2,11,12,15,16)/t10-/m0/s1. The molecule has 0 unspecified atom stereocenters. The molecule has 16 heavy (non-hydrogen) atoms. The van der Waals surface area contributed by atoms with Gasteiger partial charge in [-0.05, 0) is 24.3 Å². The van der Waals surface area contributed by atoms with E-state index >= 15 is 0 Å². The van der Waals surface area contributed by atoms with E-state index in [1.54, 1.807) is 0 Å². The maximum absolute atomic E-state index is 11.8. The number of amides is 3. The van der Waals surface area contributed by atoms with Crippen LogP contribution in [0.15, 0.2) is 12.2 Å².